The van der Waals surface area contributed by atoms with Gasteiger partial charge in [0.1, 0.15) is 6.61 Å². The normalized spacial score (nSPS) is 10.0. The highest BCUT2D eigenvalue weighted by molar-refractivity contribution is 5.89. The third-order valence-electron chi connectivity index (χ3n) is 2.15. The number of carboxylic acids is 1. The first-order valence-electron chi connectivity index (χ1n) is 5.72. The number of rotatable bonds is 8. The maximum Gasteiger partial charge on any atom is 0.338 e. The Kier molecular flexibility index (Phi) is 6.50. The van der Waals surface area contributed by atoms with Crippen molar-refractivity contribution in [2.45, 2.75) is 12.8 Å². The molecule has 0 aliphatic rings. The minimum absolute atomic E-state index is 0.288. The van der Waals surface area contributed by atoms with Gasteiger partial charge >= 0.3 is 11.9 Å². The molecule has 1 aromatic carbocycles. The molecular weight excluding hydrogens is 236 g/mol. The maximum absolute atomic E-state index is 11.5. The third kappa shape index (κ3) is 6.00. The summed E-state index contributed by atoms with van der Waals surface area (Å²) in [5.74, 6) is -1.33. The summed E-state index contributed by atoms with van der Waals surface area (Å²) >= 11 is 0. The van der Waals surface area contributed by atoms with Crippen LogP contribution in [0.5, 0.6) is 0 Å². The van der Waals surface area contributed by atoms with Crippen LogP contribution in [0.4, 0.5) is 0 Å². The second kappa shape index (κ2) is 8.25. The van der Waals surface area contributed by atoms with Crippen LogP contribution in [0.3, 0.4) is 0 Å². The lowest BCUT2D eigenvalue weighted by atomic mass is 10.2. The molecule has 0 spiro atoms. The summed E-state index contributed by atoms with van der Waals surface area (Å²) < 4.78 is 9.89. The van der Waals surface area contributed by atoms with Crippen LogP contribution in [0.1, 0.15) is 23.2 Å². The molecule has 0 aliphatic heterocycles. The fourth-order valence-corrected chi connectivity index (χ4v) is 1.29. The number of hydrogen-bond donors (Lipinski definition) is 1. The predicted molar refractivity (Wildman–Crippen MR) is 64.4 cm³/mol. The van der Waals surface area contributed by atoms with E-state index in [1.165, 1.54) is 0 Å². The van der Waals surface area contributed by atoms with Gasteiger partial charge in [-0.05, 0) is 25.0 Å². The molecule has 0 aliphatic carbocycles. The Hall–Kier alpha value is -1.88. The SMILES string of the molecule is O=C(O)COCCCCOC(=O)c1ccccc1. The Labute approximate surface area is 105 Å². The lowest BCUT2D eigenvalue weighted by Crippen LogP contribution is -2.09. The molecule has 0 saturated heterocycles. The summed E-state index contributed by atoms with van der Waals surface area (Å²) in [4.78, 5) is 21.6. The number of carbonyl (C=O) groups is 2. The van der Waals surface area contributed by atoms with Crippen molar-refractivity contribution < 1.29 is 24.2 Å². The lowest BCUT2D eigenvalue weighted by molar-refractivity contribution is -0.142. The molecule has 98 valence electrons. The van der Waals surface area contributed by atoms with E-state index in [1.54, 1.807) is 24.3 Å². The van der Waals surface area contributed by atoms with E-state index in [2.05, 4.69) is 0 Å². The smallest absolute Gasteiger partial charge is 0.338 e. The van der Waals surface area contributed by atoms with Gasteiger partial charge in [-0.3, -0.25) is 0 Å². The maximum atomic E-state index is 11.5. The number of carboxylic acid groups (broad SMARTS) is 1. The minimum atomic E-state index is -0.981. The van der Waals surface area contributed by atoms with Crippen LogP contribution in [0.15, 0.2) is 30.3 Å². The van der Waals surface area contributed by atoms with Crippen molar-refractivity contribution in [3.8, 4) is 0 Å². The third-order valence-corrected chi connectivity index (χ3v) is 2.15. The Morgan fingerprint density at radius 3 is 2.39 bits per heavy atom. The summed E-state index contributed by atoms with van der Waals surface area (Å²) in [6.45, 7) is 0.378. The molecule has 0 heterocycles. The number of unbranched alkanes of at least 4 members (excludes halogenated alkanes) is 1. The highest BCUT2D eigenvalue weighted by atomic mass is 16.5. The summed E-state index contributed by atoms with van der Waals surface area (Å²) in [5, 5.41) is 8.32. The van der Waals surface area contributed by atoms with E-state index in [0.29, 0.717) is 31.6 Å². The van der Waals surface area contributed by atoms with Gasteiger partial charge in [-0.25, -0.2) is 9.59 Å². The van der Waals surface area contributed by atoms with Crippen LogP contribution in [0, 0.1) is 0 Å². The molecular formula is C13H16O5. The molecule has 0 unspecified atom stereocenters. The molecule has 1 N–H and O–H groups in total. The molecule has 5 nitrogen and oxygen atoms in total. The van der Waals surface area contributed by atoms with Crippen molar-refractivity contribution in [2.75, 3.05) is 19.8 Å². The first-order chi connectivity index (χ1) is 8.70. The molecule has 0 amide bonds. The highest BCUT2D eigenvalue weighted by Crippen LogP contribution is 2.02. The topological polar surface area (TPSA) is 72.8 Å². The van der Waals surface area contributed by atoms with E-state index in [1.807, 2.05) is 6.07 Å². The van der Waals surface area contributed by atoms with E-state index < -0.39 is 5.97 Å². The minimum Gasteiger partial charge on any atom is -0.480 e. The zero-order valence-corrected chi connectivity index (χ0v) is 10.0. The van der Waals surface area contributed by atoms with Crippen LogP contribution in [-0.2, 0) is 14.3 Å². The van der Waals surface area contributed by atoms with Crippen molar-refractivity contribution in [2.24, 2.45) is 0 Å². The average Bonchev–Trinajstić information content (AvgIpc) is 2.38. The first kappa shape index (κ1) is 14.2. The number of carbonyl (C=O) groups excluding carboxylic acids is 1. The lowest BCUT2D eigenvalue weighted by Gasteiger charge is -2.04. The Morgan fingerprint density at radius 2 is 1.72 bits per heavy atom. The van der Waals surface area contributed by atoms with Crippen molar-refractivity contribution in [3.05, 3.63) is 35.9 Å². The Balaban J connectivity index is 2.05. The molecule has 18 heavy (non-hydrogen) atoms. The number of ether oxygens (including phenoxy) is 2. The largest absolute Gasteiger partial charge is 0.480 e. The molecule has 0 radical (unpaired) electrons. The van der Waals surface area contributed by atoms with Gasteiger partial charge in [0.25, 0.3) is 0 Å². The molecule has 5 heteroatoms. The first-order valence-corrected chi connectivity index (χ1v) is 5.72. The monoisotopic (exact) mass is 252 g/mol. The Morgan fingerprint density at radius 1 is 1.06 bits per heavy atom. The van der Waals surface area contributed by atoms with Gasteiger partial charge in [0.15, 0.2) is 0 Å². The fourth-order valence-electron chi connectivity index (χ4n) is 1.29. The van der Waals surface area contributed by atoms with Gasteiger partial charge in [0.05, 0.1) is 12.2 Å². The van der Waals surface area contributed by atoms with Crippen molar-refractivity contribution in [1.29, 1.82) is 0 Å². The van der Waals surface area contributed by atoms with E-state index >= 15 is 0 Å². The molecule has 0 fully saturated rings. The number of hydrogen-bond acceptors (Lipinski definition) is 4. The molecule has 1 rings (SSSR count). The molecule has 0 aromatic heterocycles. The standard InChI is InChI=1S/C13H16O5/c14-12(15)10-17-8-4-5-9-18-13(16)11-6-2-1-3-7-11/h1-3,6-7H,4-5,8-10H2,(H,14,15). The van der Waals surface area contributed by atoms with E-state index in [-0.39, 0.29) is 12.6 Å². The quantitative estimate of drug-likeness (QED) is 0.563. The van der Waals surface area contributed by atoms with Gasteiger partial charge in [-0.1, -0.05) is 18.2 Å². The average molecular weight is 252 g/mol. The van der Waals surface area contributed by atoms with Crippen molar-refractivity contribution in [3.63, 3.8) is 0 Å². The Bertz CT molecular complexity index is 374. The molecule has 0 bridgehead atoms. The molecule has 0 saturated carbocycles. The summed E-state index contributed by atoms with van der Waals surface area (Å²) in [6, 6.07) is 8.76. The zero-order chi connectivity index (χ0) is 13.2. The summed E-state index contributed by atoms with van der Waals surface area (Å²) in [6.07, 6.45) is 1.31. The van der Waals surface area contributed by atoms with Gasteiger partial charge in [0.2, 0.25) is 0 Å². The number of aliphatic carboxylic acids is 1. The second-order valence-electron chi connectivity index (χ2n) is 3.66. The van der Waals surface area contributed by atoms with Crippen LogP contribution in [-0.4, -0.2) is 36.9 Å². The van der Waals surface area contributed by atoms with Crippen LogP contribution >= 0.6 is 0 Å². The number of esters is 1. The highest BCUT2D eigenvalue weighted by Gasteiger charge is 2.04. The molecule has 0 atom stereocenters. The van der Waals surface area contributed by atoms with E-state index in [0.717, 1.165) is 0 Å². The summed E-state index contributed by atoms with van der Waals surface area (Å²) in [5.41, 5.74) is 0.527. The fraction of sp³-hybridized carbons (Fsp3) is 0.385. The van der Waals surface area contributed by atoms with E-state index in [9.17, 15) is 9.59 Å². The second-order valence-corrected chi connectivity index (χ2v) is 3.66. The summed E-state index contributed by atoms with van der Waals surface area (Å²) in [7, 11) is 0. The van der Waals surface area contributed by atoms with Crippen LogP contribution in [0.2, 0.25) is 0 Å². The van der Waals surface area contributed by atoms with Crippen molar-refractivity contribution >= 4 is 11.9 Å². The van der Waals surface area contributed by atoms with Crippen molar-refractivity contribution in [1.82, 2.24) is 0 Å². The van der Waals surface area contributed by atoms with Gasteiger partial charge < -0.3 is 14.6 Å². The zero-order valence-electron chi connectivity index (χ0n) is 10.0. The number of benzene rings is 1. The van der Waals surface area contributed by atoms with Gasteiger partial charge in [-0.15, -0.1) is 0 Å². The van der Waals surface area contributed by atoms with Gasteiger partial charge in [0, 0.05) is 6.61 Å². The predicted octanol–water partition coefficient (Wildman–Crippen LogP) is 1.72. The van der Waals surface area contributed by atoms with Gasteiger partial charge in [-0.2, -0.15) is 0 Å². The van der Waals surface area contributed by atoms with Crippen LogP contribution < -0.4 is 0 Å². The van der Waals surface area contributed by atoms with E-state index in [4.69, 9.17) is 14.6 Å². The van der Waals surface area contributed by atoms with Crippen LogP contribution in [0.25, 0.3) is 0 Å². The molecule has 1 aromatic rings.